The monoisotopic (exact) mass is 227 g/mol. The first kappa shape index (κ1) is 12.5. The molecule has 0 aliphatic heterocycles. The molecule has 84 valence electrons. The first-order valence-electron chi connectivity index (χ1n) is 5.30. The standard InChI is InChI=1S/C12H18ClNO/c1-3-12(14-8-9(2)15)10-5-4-6-11(13)7-10/h4-7,9,12,14-15H,3,8H2,1-2H3/t9-,12?/m1/s1. The summed E-state index contributed by atoms with van der Waals surface area (Å²) in [6, 6.07) is 8.09. The van der Waals surface area contributed by atoms with Gasteiger partial charge in [0.25, 0.3) is 0 Å². The van der Waals surface area contributed by atoms with Gasteiger partial charge in [-0.25, -0.2) is 0 Å². The van der Waals surface area contributed by atoms with Crippen molar-refractivity contribution in [2.75, 3.05) is 6.54 Å². The smallest absolute Gasteiger partial charge is 0.0636 e. The van der Waals surface area contributed by atoms with Crippen molar-refractivity contribution < 1.29 is 5.11 Å². The van der Waals surface area contributed by atoms with E-state index >= 15 is 0 Å². The maximum atomic E-state index is 9.21. The molecule has 0 fully saturated rings. The van der Waals surface area contributed by atoms with E-state index < -0.39 is 0 Å². The molecule has 0 aliphatic rings. The van der Waals surface area contributed by atoms with E-state index in [0.29, 0.717) is 6.54 Å². The number of aliphatic hydroxyl groups is 1. The molecular formula is C12H18ClNO. The average molecular weight is 228 g/mol. The van der Waals surface area contributed by atoms with E-state index in [4.69, 9.17) is 11.6 Å². The summed E-state index contributed by atoms with van der Waals surface area (Å²) in [5, 5.41) is 13.3. The lowest BCUT2D eigenvalue weighted by atomic mass is 10.0. The van der Waals surface area contributed by atoms with Crippen molar-refractivity contribution in [3.8, 4) is 0 Å². The van der Waals surface area contributed by atoms with E-state index in [1.165, 1.54) is 5.56 Å². The van der Waals surface area contributed by atoms with Crippen LogP contribution in [0.4, 0.5) is 0 Å². The van der Waals surface area contributed by atoms with Crippen LogP contribution in [0, 0.1) is 0 Å². The summed E-state index contributed by atoms with van der Waals surface area (Å²) in [6.45, 7) is 4.49. The zero-order valence-electron chi connectivity index (χ0n) is 9.20. The minimum absolute atomic E-state index is 0.262. The Morgan fingerprint density at radius 2 is 2.20 bits per heavy atom. The van der Waals surface area contributed by atoms with Gasteiger partial charge in [0.2, 0.25) is 0 Å². The van der Waals surface area contributed by atoms with Gasteiger partial charge in [-0.15, -0.1) is 0 Å². The highest BCUT2D eigenvalue weighted by Gasteiger charge is 2.09. The zero-order valence-corrected chi connectivity index (χ0v) is 9.96. The molecule has 1 unspecified atom stereocenters. The molecule has 0 aromatic heterocycles. The molecule has 1 aromatic rings. The summed E-state index contributed by atoms with van der Waals surface area (Å²) < 4.78 is 0. The topological polar surface area (TPSA) is 32.3 Å². The maximum Gasteiger partial charge on any atom is 0.0636 e. The van der Waals surface area contributed by atoms with Gasteiger partial charge in [-0.3, -0.25) is 0 Å². The van der Waals surface area contributed by atoms with Gasteiger partial charge in [0.1, 0.15) is 0 Å². The Labute approximate surface area is 96.3 Å². The Bertz CT molecular complexity index is 301. The molecule has 0 spiro atoms. The molecule has 0 saturated heterocycles. The third kappa shape index (κ3) is 4.20. The van der Waals surface area contributed by atoms with Crippen LogP contribution in [0.25, 0.3) is 0 Å². The molecule has 2 N–H and O–H groups in total. The van der Waals surface area contributed by atoms with Gasteiger partial charge in [-0.2, -0.15) is 0 Å². The zero-order chi connectivity index (χ0) is 11.3. The number of benzene rings is 1. The predicted octanol–water partition coefficient (Wildman–Crippen LogP) is 2.76. The minimum Gasteiger partial charge on any atom is -0.392 e. The molecular weight excluding hydrogens is 210 g/mol. The molecule has 2 nitrogen and oxygen atoms in total. The number of aliphatic hydroxyl groups excluding tert-OH is 1. The summed E-state index contributed by atoms with van der Waals surface area (Å²) >= 11 is 5.93. The van der Waals surface area contributed by atoms with Crippen molar-refractivity contribution in [1.29, 1.82) is 0 Å². The van der Waals surface area contributed by atoms with E-state index in [2.05, 4.69) is 18.3 Å². The molecule has 1 aromatic carbocycles. The number of nitrogens with one attached hydrogen (secondary N) is 1. The van der Waals surface area contributed by atoms with Gasteiger partial charge < -0.3 is 10.4 Å². The van der Waals surface area contributed by atoms with E-state index in [-0.39, 0.29) is 12.1 Å². The summed E-state index contributed by atoms with van der Waals surface area (Å²) in [4.78, 5) is 0. The molecule has 0 saturated carbocycles. The highest BCUT2D eigenvalue weighted by Crippen LogP contribution is 2.20. The molecule has 0 amide bonds. The third-order valence-electron chi connectivity index (χ3n) is 2.32. The fraction of sp³-hybridized carbons (Fsp3) is 0.500. The normalized spacial score (nSPS) is 14.9. The first-order valence-corrected chi connectivity index (χ1v) is 5.68. The van der Waals surface area contributed by atoms with Crippen molar-refractivity contribution in [2.24, 2.45) is 0 Å². The largest absolute Gasteiger partial charge is 0.392 e. The van der Waals surface area contributed by atoms with E-state index in [1.54, 1.807) is 6.92 Å². The fourth-order valence-electron chi connectivity index (χ4n) is 1.53. The van der Waals surface area contributed by atoms with Crippen LogP contribution >= 0.6 is 11.6 Å². The van der Waals surface area contributed by atoms with Crippen LogP contribution in [0.2, 0.25) is 5.02 Å². The van der Waals surface area contributed by atoms with Crippen molar-refractivity contribution >= 4 is 11.6 Å². The summed E-state index contributed by atoms with van der Waals surface area (Å²) in [5.74, 6) is 0. The molecule has 0 bridgehead atoms. The minimum atomic E-state index is -0.321. The van der Waals surface area contributed by atoms with Gasteiger partial charge in [-0.1, -0.05) is 30.7 Å². The summed E-state index contributed by atoms with van der Waals surface area (Å²) in [7, 11) is 0. The van der Waals surface area contributed by atoms with Crippen molar-refractivity contribution in [2.45, 2.75) is 32.4 Å². The molecule has 0 radical (unpaired) electrons. The Balaban J connectivity index is 2.65. The van der Waals surface area contributed by atoms with Crippen LogP contribution in [-0.4, -0.2) is 17.8 Å². The Kier molecular flexibility index (Phi) is 5.09. The van der Waals surface area contributed by atoms with Crippen molar-refractivity contribution in [3.63, 3.8) is 0 Å². The average Bonchev–Trinajstić information content (AvgIpc) is 2.18. The lowest BCUT2D eigenvalue weighted by Crippen LogP contribution is -2.28. The van der Waals surface area contributed by atoms with Gasteiger partial charge in [0.05, 0.1) is 6.10 Å². The molecule has 3 heteroatoms. The predicted molar refractivity (Wildman–Crippen MR) is 64.2 cm³/mol. The van der Waals surface area contributed by atoms with Crippen molar-refractivity contribution in [1.82, 2.24) is 5.32 Å². The second kappa shape index (κ2) is 6.11. The number of halogens is 1. The van der Waals surface area contributed by atoms with Crippen molar-refractivity contribution in [3.05, 3.63) is 34.9 Å². The van der Waals surface area contributed by atoms with E-state index in [1.807, 2.05) is 18.2 Å². The highest BCUT2D eigenvalue weighted by molar-refractivity contribution is 6.30. The summed E-state index contributed by atoms with van der Waals surface area (Å²) in [6.07, 6.45) is 0.658. The van der Waals surface area contributed by atoms with Crippen LogP contribution in [0.15, 0.2) is 24.3 Å². The number of hydrogen-bond donors (Lipinski definition) is 2. The van der Waals surface area contributed by atoms with E-state index in [0.717, 1.165) is 11.4 Å². The molecule has 1 rings (SSSR count). The van der Waals surface area contributed by atoms with Crippen LogP contribution in [0.3, 0.4) is 0 Å². The second-order valence-electron chi connectivity index (χ2n) is 3.77. The number of hydrogen-bond acceptors (Lipinski definition) is 2. The van der Waals surface area contributed by atoms with Gasteiger partial charge in [0, 0.05) is 17.6 Å². The van der Waals surface area contributed by atoms with Crippen LogP contribution in [0.1, 0.15) is 31.9 Å². The third-order valence-corrected chi connectivity index (χ3v) is 2.55. The van der Waals surface area contributed by atoms with Gasteiger partial charge >= 0.3 is 0 Å². The van der Waals surface area contributed by atoms with Gasteiger partial charge in [-0.05, 0) is 31.0 Å². The highest BCUT2D eigenvalue weighted by atomic mass is 35.5. The van der Waals surface area contributed by atoms with Crippen LogP contribution in [0.5, 0.6) is 0 Å². The Morgan fingerprint density at radius 1 is 1.47 bits per heavy atom. The SMILES string of the molecule is CCC(NC[C@@H](C)O)c1cccc(Cl)c1. The lowest BCUT2D eigenvalue weighted by Gasteiger charge is -2.18. The Hall–Kier alpha value is -0.570. The second-order valence-corrected chi connectivity index (χ2v) is 4.21. The fourth-order valence-corrected chi connectivity index (χ4v) is 1.73. The van der Waals surface area contributed by atoms with Crippen LogP contribution < -0.4 is 5.32 Å². The maximum absolute atomic E-state index is 9.21. The van der Waals surface area contributed by atoms with Crippen LogP contribution in [-0.2, 0) is 0 Å². The summed E-state index contributed by atoms with van der Waals surface area (Å²) in [5.41, 5.74) is 1.17. The van der Waals surface area contributed by atoms with Gasteiger partial charge in [0.15, 0.2) is 0 Å². The molecule has 0 aliphatic carbocycles. The quantitative estimate of drug-likeness (QED) is 0.811. The number of rotatable bonds is 5. The molecule has 15 heavy (non-hydrogen) atoms. The Morgan fingerprint density at radius 3 is 2.73 bits per heavy atom. The first-order chi connectivity index (χ1) is 7.13. The van der Waals surface area contributed by atoms with E-state index in [9.17, 15) is 5.11 Å². The lowest BCUT2D eigenvalue weighted by molar-refractivity contribution is 0.185. The molecule has 0 heterocycles. The molecule has 2 atom stereocenters.